The number of alkyl halides is 3. The molecule has 0 amide bonds. The third kappa shape index (κ3) is 5.47. The molecular weight excluding hydrogens is 253 g/mol. The first kappa shape index (κ1) is 14.4. The lowest BCUT2D eigenvalue weighted by Crippen LogP contribution is -2.17. The summed E-state index contributed by atoms with van der Waals surface area (Å²) in [4.78, 5) is 5.39. The van der Waals surface area contributed by atoms with Crippen molar-refractivity contribution in [3.63, 3.8) is 0 Å². The summed E-state index contributed by atoms with van der Waals surface area (Å²) >= 11 is 1.51. The van der Waals surface area contributed by atoms with Gasteiger partial charge in [-0.05, 0) is 14.0 Å². The Bertz CT molecular complexity index is 352. The van der Waals surface area contributed by atoms with Gasteiger partial charge in [0.25, 0.3) is 0 Å². The molecule has 0 aromatic carbocycles. The summed E-state index contributed by atoms with van der Waals surface area (Å²) in [5.74, 6) is 0. The third-order valence-electron chi connectivity index (χ3n) is 2.00. The van der Waals surface area contributed by atoms with Gasteiger partial charge in [0.05, 0.1) is 17.3 Å². The van der Waals surface area contributed by atoms with Crippen molar-refractivity contribution in [1.29, 1.82) is 0 Å². The molecule has 1 heterocycles. The zero-order valence-electron chi connectivity index (χ0n) is 9.73. The zero-order valence-corrected chi connectivity index (χ0v) is 10.5. The number of halogens is 3. The lowest BCUT2D eigenvalue weighted by atomic mass is 10.4. The van der Waals surface area contributed by atoms with Gasteiger partial charge >= 0.3 is 6.18 Å². The van der Waals surface area contributed by atoms with Crippen LogP contribution in [0.5, 0.6) is 0 Å². The van der Waals surface area contributed by atoms with Crippen molar-refractivity contribution in [2.75, 3.05) is 20.3 Å². The molecule has 1 N–H and O–H groups in total. The van der Waals surface area contributed by atoms with Crippen molar-refractivity contribution in [2.45, 2.75) is 26.1 Å². The van der Waals surface area contributed by atoms with Gasteiger partial charge in [0.1, 0.15) is 6.61 Å². The minimum absolute atomic E-state index is 0.0471. The zero-order chi connectivity index (χ0) is 12.9. The standard InChI is InChI=1S/C10H15F3N2OS/c1-7-8(5-14-2)17-9(15-7)3-4-16-6-10(11,12)13/h14H,3-6H2,1-2H3. The Labute approximate surface area is 102 Å². The van der Waals surface area contributed by atoms with Crippen LogP contribution in [0.15, 0.2) is 0 Å². The van der Waals surface area contributed by atoms with Crippen molar-refractivity contribution in [1.82, 2.24) is 10.3 Å². The van der Waals surface area contributed by atoms with Gasteiger partial charge in [0, 0.05) is 17.8 Å². The van der Waals surface area contributed by atoms with E-state index < -0.39 is 12.8 Å². The fourth-order valence-electron chi connectivity index (χ4n) is 1.27. The average Bonchev–Trinajstić information content (AvgIpc) is 2.54. The molecular formula is C10H15F3N2OS. The number of nitrogens with one attached hydrogen (secondary N) is 1. The highest BCUT2D eigenvalue weighted by molar-refractivity contribution is 7.11. The maximum atomic E-state index is 11.8. The van der Waals surface area contributed by atoms with Crippen LogP contribution < -0.4 is 5.32 Å². The molecule has 0 fully saturated rings. The Hall–Kier alpha value is -0.660. The number of rotatable bonds is 6. The molecule has 1 rings (SSSR count). The summed E-state index contributed by atoms with van der Waals surface area (Å²) in [7, 11) is 1.84. The number of ether oxygens (including phenoxy) is 1. The molecule has 17 heavy (non-hydrogen) atoms. The average molecular weight is 268 g/mol. The van der Waals surface area contributed by atoms with Crippen LogP contribution in [0.2, 0.25) is 0 Å². The minimum Gasteiger partial charge on any atom is -0.372 e. The fourth-order valence-corrected chi connectivity index (χ4v) is 2.33. The maximum absolute atomic E-state index is 11.8. The highest BCUT2D eigenvalue weighted by atomic mass is 32.1. The second-order valence-electron chi connectivity index (χ2n) is 3.56. The quantitative estimate of drug-likeness (QED) is 0.804. The Morgan fingerprint density at radius 2 is 2.12 bits per heavy atom. The van der Waals surface area contributed by atoms with E-state index in [1.165, 1.54) is 11.3 Å². The first-order chi connectivity index (χ1) is 7.92. The van der Waals surface area contributed by atoms with E-state index in [1.807, 2.05) is 14.0 Å². The summed E-state index contributed by atoms with van der Waals surface area (Å²) in [5.41, 5.74) is 0.926. The third-order valence-corrected chi connectivity index (χ3v) is 3.22. The van der Waals surface area contributed by atoms with Crippen LogP contribution in [-0.4, -0.2) is 31.4 Å². The van der Waals surface area contributed by atoms with E-state index in [9.17, 15) is 13.2 Å². The van der Waals surface area contributed by atoms with Crippen molar-refractivity contribution < 1.29 is 17.9 Å². The normalized spacial score (nSPS) is 12.1. The molecule has 0 saturated carbocycles. The first-order valence-corrected chi connectivity index (χ1v) is 5.98. The van der Waals surface area contributed by atoms with Crippen molar-refractivity contribution in [3.05, 3.63) is 15.6 Å². The SMILES string of the molecule is CNCc1sc(CCOCC(F)(F)F)nc1C. The Morgan fingerprint density at radius 1 is 1.41 bits per heavy atom. The summed E-state index contributed by atoms with van der Waals surface area (Å²) in [5, 5.41) is 3.83. The van der Waals surface area contributed by atoms with Crippen LogP contribution in [0.4, 0.5) is 13.2 Å². The van der Waals surface area contributed by atoms with Crippen LogP contribution in [0.3, 0.4) is 0 Å². The van der Waals surface area contributed by atoms with E-state index in [1.54, 1.807) is 0 Å². The van der Waals surface area contributed by atoms with Crippen molar-refractivity contribution in [3.8, 4) is 0 Å². The summed E-state index contributed by atoms with van der Waals surface area (Å²) in [6.45, 7) is 1.47. The van der Waals surface area contributed by atoms with Gasteiger partial charge in [-0.2, -0.15) is 13.2 Å². The highest BCUT2D eigenvalue weighted by Gasteiger charge is 2.27. The van der Waals surface area contributed by atoms with E-state index in [4.69, 9.17) is 0 Å². The van der Waals surface area contributed by atoms with E-state index in [0.717, 1.165) is 22.1 Å². The van der Waals surface area contributed by atoms with Crippen molar-refractivity contribution >= 4 is 11.3 Å². The van der Waals surface area contributed by atoms with Crippen molar-refractivity contribution in [2.24, 2.45) is 0 Å². The number of hydrogen-bond acceptors (Lipinski definition) is 4. The first-order valence-electron chi connectivity index (χ1n) is 5.16. The number of nitrogens with zero attached hydrogens (tertiary/aromatic N) is 1. The van der Waals surface area contributed by atoms with Crippen LogP contribution in [0.25, 0.3) is 0 Å². The van der Waals surface area contributed by atoms with Gasteiger partial charge < -0.3 is 10.1 Å². The molecule has 0 atom stereocenters. The fraction of sp³-hybridized carbons (Fsp3) is 0.700. The van der Waals surface area contributed by atoms with Gasteiger partial charge in [0.15, 0.2) is 0 Å². The van der Waals surface area contributed by atoms with E-state index >= 15 is 0 Å². The number of thiazole rings is 1. The van der Waals surface area contributed by atoms with Crippen LogP contribution in [0.1, 0.15) is 15.6 Å². The molecule has 98 valence electrons. The summed E-state index contributed by atoms with van der Waals surface area (Å²) in [6, 6.07) is 0. The van der Waals surface area contributed by atoms with Gasteiger partial charge in [-0.1, -0.05) is 0 Å². The van der Waals surface area contributed by atoms with E-state index in [-0.39, 0.29) is 6.61 Å². The summed E-state index contributed by atoms with van der Waals surface area (Å²) < 4.78 is 39.9. The molecule has 1 aromatic rings. The van der Waals surface area contributed by atoms with Crippen LogP contribution in [-0.2, 0) is 17.7 Å². The molecule has 3 nitrogen and oxygen atoms in total. The monoisotopic (exact) mass is 268 g/mol. The molecule has 0 spiro atoms. The van der Waals surface area contributed by atoms with Gasteiger partial charge in [0.2, 0.25) is 0 Å². The lowest BCUT2D eigenvalue weighted by molar-refractivity contribution is -0.173. The second-order valence-corrected chi connectivity index (χ2v) is 4.73. The van der Waals surface area contributed by atoms with E-state index in [0.29, 0.717) is 6.42 Å². The van der Waals surface area contributed by atoms with Gasteiger partial charge in [-0.25, -0.2) is 4.98 Å². The molecule has 0 saturated heterocycles. The molecule has 0 radical (unpaired) electrons. The molecule has 0 bridgehead atoms. The molecule has 0 aliphatic carbocycles. The Balaban J connectivity index is 2.34. The van der Waals surface area contributed by atoms with Gasteiger partial charge in [-0.15, -0.1) is 11.3 Å². The smallest absolute Gasteiger partial charge is 0.372 e. The van der Waals surface area contributed by atoms with Crippen LogP contribution in [0, 0.1) is 6.92 Å². The molecule has 0 aliphatic heterocycles. The van der Waals surface area contributed by atoms with E-state index in [2.05, 4.69) is 15.0 Å². The molecule has 0 unspecified atom stereocenters. The maximum Gasteiger partial charge on any atom is 0.411 e. The molecule has 1 aromatic heterocycles. The lowest BCUT2D eigenvalue weighted by Gasteiger charge is -2.06. The second kappa shape index (κ2) is 6.32. The Morgan fingerprint density at radius 3 is 2.71 bits per heavy atom. The number of hydrogen-bond donors (Lipinski definition) is 1. The predicted octanol–water partition coefficient (Wildman–Crippen LogP) is 2.29. The molecule has 0 aliphatic rings. The highest BCUT2D eigenvalue weighted by Crippen LogP contribution is 2.19. The number of aromatic nitrogens is 1. The largest absolute Gasteiger partial charge is 0.411 e. The number of aryl methyl sites for hydroxylation is 1. The topological polar surface area (TPSA) is 34.1 Å². The van der Waals surface area contributed by atoms with Gasteiger partial charge in [-0.3, -0.25) is 0 Å². The minimum atomic E-state index is -4.25. The van der Waals surface area contributed by atoms with Crippen LogP contribution >= 0.6 is 11.3 Å². The Kier molecular flexibility index (Phi) is 5.35. The molecule has 7 heteroatoms. The predicted molar refractivity (Wildman–Crippen MR) is 60.2 cm³/mol. The summed E-state index contributed by atoms with van der Waals surface area (Å²) in [6.07, 6.45) is -3.83.